The lowest BCUT2D eigenvalue weighted by molar-refractivity contribution is 0.279. The summed E-state index contributed by atoms with van der Waals surface area (Å²) in [5, 5.41) is 8.86. The van der Waals surface area contributed by atoms with Gasteiger partial charge in [0.05, 0.1) is 11.4 Å². The first-order valence-corrected chi connectivity index (χ1v) is 6.25. The second-order valence-electron chi connectivity index (χ2n) is 4.68. The molecular formula is C13H18F2N2O. The van der Waals surface area contributed by atoms with E-state index in [1.807, 2.05) is 4.90 Å². The third-order valence-corrected chi connectivity index (χ3v) is 3.45. The molecule has 0 spiro atoms. The van der Waals surface area contributed by atoms with E-state index in [0.717, 1.165) is 31.9 Å². The van der Waals surface area contributed by atoms with Crippen LogP contribution in [0.25, 0.3) is 0 Å². The molecule has 2 rings (SSSR count). The number of anilines is 2. The van der Waals surface area contributed by atoms with Crippen molar-refractivity contribution >= 4 is 11.4 Å². The van der Waals surface area contributed by atoms with Gasteiger partial charge >= 0.3 is 0 Å². The second kappa shape index (κ2) is 5.52. The summed E-state index contributed by atoms with van der Waals surface area (Å²) in [5.74, 6) is -1.32. The largest absolute Gasteiger partial charge is 0.396 e. The molecule has 1 atom stereocenters. The number of nitrogens with two attached hydrogens (primary N) is 1. The van der Waals surface area contributed by atoms with Gasteiger partial charge in [-0.25, -0.2) is 8.78 Å². The molecule has 1 aliphatic rings. The van der Waals surface area contributed by atoms with Gasteiger partial charge in [0.2, 0.25) is 0 Å². The number of aliphatic hydroxyl groups is 1. The highest BCUT2D eigenvalue weighted by molar-refractivity contribution is 5.69. The zero-order valence-corrected chi connectivity index (χ0v) is 10.2. The Bertz CT molecular complexity index is 426. The Labute approximate surface area is 105 Å². The van der Waals surface area contributed by atoms with Gasteiger partial charge in [-0.15, -0.1) is 0 Å². The number of halogens is 2. The Morgan fingerprint density at radius 2 is 2.17 bits per heavy atom. The van der Waals surface area contributed by atoms with Crippen LogP contribution >= 0.6 is 0 Å². The summed E-state index contributed by atoms with van der Waals surface area (Å²) < 4.78 is 26.7. The van der Waals surface area contributed by atoms with Crippen molar-refractivity contribution in [2.24, 2.45) is 0 Å². The third kappa shape index (κ3) is 2.56. The SMILES string of the molecule is Nc1c(F)cc(F)cc1N1CCCC1CCCO. The van der Waals surface area contributed by atoms with E-state index < -0.39 is 11.6 Å². The molecule has 3 nitrogen and oxygen atoms in total. The number of hydrogen-bond acceptors (Lipinski definition) is 3. The highest BCUT2D eigenvalue weighted by Crippen LogP contribution is 2.34. The van der Waals surface area contributed by atoms with E-state index in [1.165, 1.54) is 6.07 Å². The summed E-state index contributed by atoms with van der Waals surface area (Å²) >= 11 is 0. The average Bonchev–Trinajstić information content (AvgIpc) is 2.79. The number of rotatable bonds is 4. The van der Waals surface area contributed by atoms with Crippen LogP contribution in [-0.4, -0.2) is 24.3 Å². The maximum atomic E-state index is 13.4. The Hall–Kier alpha value is -1.36. The summed E-state index contributed by atoms with van der Waals surface area (Å²) in [6.45, 7) is 0.889. The maximum absolute atomic E-state index is 13.4. The molecule has 3 N–H and O–H groups in total. The fourth-order valence-corrected chi connectivity index (χ4v) is 2.59. The first kappa shape index (κ1) is 13.1. The molecule has 0 bridgehead atoms. The molecular weight excluding hydrogens is 238 g/mol. The molecule has 0 aromatic heterocycles. The predicted molar refractivity (Wildman–Crippen MR) is 67.5 cm³/mol. The van der Waals surface area contributed by atoms with Crippen LogP contribution in [0.2, 0.25) is 0 Å². The fraction of sp³-hybridized carbons (Fsp3) is 0.538. The standard InChI is InChI=1S/C13H18F2N2O/c14-9-7-11(15)13(16)12(8-9)17-5-1-3-10(17)4-2-6-18/h7-8,10,18H,1-6,16H2. The Morgan fingerprint density at radius 1 is 1.39 bits per heavy atom. The van der Waals surface area contributed by atoms with E-state index in [2.05, 4.69) is 0 Å². The molecule has 1 aromatic carbocycles. The van der Waals surface area contributed by atoms with Gasteiger partial charge in [-0.1, -0.05) is 0 Å². The molecule has 1 fully saturated rings. The Balaban J connectivity index is 2.24. The van der Waals surface area contributed by atoms with Crippen LogP contribution in [0.3, 0.4) is 0 Å². The maximum Gasteiger partial charge on any atom is 0.151 e. The summed E-state index contributed by atoms with van der Waals surface area (Å²) in [7, 11) is 0. The molecule has 0 saturated carbocycles. The van der Waals surface area contributed by atoms with Crippen LogP contribution in [0.15, 0.2) is 12.1 Å². The topological polar surface area (TPSA) is 49.5 Å². The van der Waals surface area contributed by atoms with E-state index in [4.69, 9.17) is 10.8 Å². The lowest BCUT2D eigenvalue weighted by Crippen LogP contribution is -2.30. The summed E-state index contributed by atoms with van der Waals surface area (Å²) in [6.07, 6.45) is 3.46. The zero-order chi connectivity index (χ0) is 13.1. The van der Waals surface area contributed by atoms with Crippen molar-refractivity contribution in [3.63, 3.8) is 0 Å². The summed E-state index contributed by atoms with van der Waals surface area (Å²) in [5.41, 5.74) is 6.13. The van der Waals surface area contributed by atoms with Gasteiger partial charge in [-0.3, -0.25) is 0 Å². The first-order valence-electron chi connectivity index (χ1n) is 6.25. The number of hydrogen-bond donors (Lipinski definition) is 2. The molecule has 1 aromatic rings. The number of nitrogen functional groups attached to an aromatic ring is 1. The molecule has 5 heteroatoms. The van der Waals surface area contributed by atoms with Crippen molar-refractivity contribution in [2.45, 2.75) is 31.7 Å². The Morgan fingerprint density at radius 3 is 2.89 bits per heavy atom. The molecule has 0 amide bonds. The molecule has 0 radical (unpaired) electrons. The van der Waals surface area contributed by atoms with Gasteiger partial charge in [-0.2, -0.15) is 0 Å². The van der Waals surface area contributed by atoms with Crippen molar-refractivity contribution in [3.05, 3.63) is 23.8 Å². The van der Waals surface area contributed by atoms with Crippen LogP contribution < -0.4 is 10.6 Å². The highest BCUT2D eigenvalue weighted by atomic mass is 19.1. The van der Waals surface area contributed by atoms with Gasteiger partial charge in [0.1, 0.15) is 5.82 Å². The molecule has 100 valence electrons. The molecule has 0 aliphatic carbocycles. The molecule has 1 aliphatic heterocycles. The van der Waals surface area contributed by atoms with E-state index >= 15 is 0 Å². The Kier molecular flexibility index (Phi) is 4.01. The number of benzene rings is 1. The van der Waals surface area contributed by atoms with Crippen LogP contribution in [0.5, 0.6) is 0 Å². The minimum atomic E-state index is -0.710. The van der Waals surface area contributed by atoms with Crippen molar-refractivity contribution in [3.8, 4) is 0 Å². The second-order valence-corrected chi connectivity index (χ2v) is 4.68. The quantitative estimate of drug-likeness (QED) is 0.813. The average molecular weight is 256 g/mol. The van der Waals surface area contributed by atoms with Gasteiger partial charge in [0.25, 0.3) is 0 Å². The zero-order valence-electron chi connectivity index (χ0n) is 10.2. The third-order valence-electron chi connectivity index (χ3n) is 3.45. The summed E-state index contributed by atoms with van der Waals surface area (Å²) in [4.78, 5) is 1.96. The fourth-order valence-electron chi connectivity index (χ4n) is 2.59. The van der Waals surface area contributed by atoms with Gasteiger partial charge in [0.15, 0.2) is 5.82 Å². The number of nitrogens with zero attached hydrogens (tertiary/aromatic N) is 1. The lowest BCUT2D eigenvalue weighted by Gasteiger charge is -2.28. The van der Waals surface area contributed by atoms with Crippen molar-refractivity contribution in [1.29, 1.82) is 0 Å². The normalized spacial score (nSPS) is 19.5. The molecule has 1 saturated heterocycles. The van der Waals surface area contributed by atoms with Crippen LogP contribution in [0.4, 0.5) is 20.2 Å². The first-order chi connectivity index (χ1) is 8.63. The van der Waals surface area contributed by atoms with Crippen LogP contribution in [0.1, 0.15) is 25.7 Å². The van der Waals surface area contributed by atoms with E-state index in [0.29, 0.717) is 12.1 Å². The smallest absolute Gasteiger partial charge is 0.151 e. The molecule has 1 unspecified atom stereocenters. The molecule has 18 heavy (non-hydrogen) atoms. The van der Waals surface area contributed by atoms with E-state index in [-0.39, 0.29) is 18.3 Å². The van der Waals surface area contributed by atoms with Gasteiger partial charge < -0.3 is 15.7 Å². The van der Waals surface area contributed by atoms with Crippen LogP contribution in [0, 0.1) is 11.6 Å². The van der Waals surface area contributed by atoms with E-state index in [1.54, 1.807) is 0 Å². The predicted octanol–water partition coefficient (Wildman–Crippen LogP) is 2.29. The lowest BCUT2D eigenvalue weighted by atomic mass is 10.1. The van der Waals surface area contributed by atoms with Crippen molar-refractivity contribution < 1.29 is 13.9 Å². The highest BCUT2D eigenvalue weighted by Gasteiger charge is 2.26. The van der Waals surface area contributed by atoms with E-state index in [9.17, 15) is 8.78 Å². The monoisotopic (exact) mass is 256 g/mol. The minimum Gasteiger partial charge on any atom is -0.396 e. The van der Waals surface area contributed by atoms with Crippen molar-refractivity contribution in [1.82, 2.24) is 0 Å². The van der Waals surface area contributed by atoms with Gasteiger partial charge in [0, 0.05) is 25.3 Å². The van der Waals surface area contributed by atoms with Crippen LogP contribution in [-0.2, 0) is 0 Å². The molecule has 1 heterocycles. The van der Waals surface area contributed by atoms with Gasteiger partial charge in [-0.05, 0) is 31.7 Å². The summed E-state index contributed by atoms with van der Waals surface area (Å²) in [6, 6.07) is 2.30. The number of aliphatic hydroxyl groups excluding tert-OH is 1. The minimum absolute atomic E-state index is 0.00676. The van der Waals surface area contributed by atoms with Crippen molar-refractivity contribution in [2.75, 3.05) is 23.8 Å².